The SMILES string of the molecule is COc1ccc(-c2cc(C(=O)O)cc(=O)n2C)c(OC)c1. The van der Waals surface area contributed by atoms with E-state index in [1.807, 2.05) is 0 Å². The van der Waals surface area contributed by atoms with Gasteiger partial charge in [-0.15, -0.1) is 0 Å². The molecule has 0 saturated carbocycles. The third-order valence-corrected chi connectivity index (χ3v) is 3.19. The van der Waals surface area contributed by atoms with Gasteiger partial charge >= 0.3 is 5.97 Å². The molecular weight excluding hydrogens is 274 g/mol. The van der Waals surface area contributed by atoms with E-state index in [1.54, 1.807) is 25.2 Å². The van der Waals surface area contributed by atoms with Crippen molar-refractivity contribution in [3.8, 4) is 22.8 Å². The van der Waals surface area contributed by atoms with Crippen molar-refractivity contribution in [3.05, 3.63) is 46.2 Å². The van der Waals surface area contributed by atoms with E-state index in [-0.39, 0.29) is 5.56 Å². The average Bonchev–Trinajstić information content (AvgIpc) is 2.49. The lowest BCUT2D eigenvalue weighted by atomic mass is 10.1. The van der Waals surface area contributed by atoms with Gasteiger partial charge in [-0.25, -0.2) is 4.79 Å². The number of hydrogen-bond donors (Lipinski definition) is 1. The van der Waals surface area contributed by atoms with Crippen molar-refractivity contribution in [1.29, 1.82) is 0 Å². The average molecular weight is 289 g/mol. The van der Waals surface area contributed by atoms with Crippen LogP contribution in [0.1, 0.15) is 10.4 Å². The highest BCUT2D eigenvalue weighted by atomic mass is 16.5. The van der Waals surface area contributed by atoms with Crippen molar-refractivity contribution in [2.45, 2.75) is 0 Å². The highest BCUT2D eigenvalue weighted by Crippen LogP contribution is 2.32. The number of rotatable bonds is 4. The maximum atomic E-state index is 11.9. The van der Waals surface area contributed by atoms with E-state index in [0.29, 0.717) is 22.8 Å². The minimum atomic E-state index is -1.15. The summed E-state index contributed by atoms with van der Waals surface area (Å²) in [6, 6.07) is 7.64. The van der Waals surface area contributed by atoms with E-state index in [2.05, 4.69) is 0 Å². The highest BCUT2D eigenvalue weighted by Gasteiger charge is 2.14. The van der Waals surface area contributed by atoms with Crippen LogP contribution in [0.4, 0.5) is 0 Å². The van der Waals surface area contributed by atoms with Crippen LogP contribution in [0.25, 0.3) is 11.3 Å². The smallest absolute Gasteiger partial charge is 0.335 e. The second kappa shape index (κ2) is 5.70. The van der Waals surface area contributed by atoms with Crippen molar-refractivity contribution in [2.24, 2.45) is 7.05 Å². The van der Waals surface area contributed by atoms with Crippen molar-refractivity contribution in [2.75, 3.05) is 14.2 Å². The lowest BCUT2D eigenvalue weighted by Crippen LogP contribution is -2.19. The van der Waals surface area contributed by atoms with E-state index in [1.165, 1.54) is 24.9 Å². The third kappa shape index (κ3) is 2.74. The monoisotopic (exact) mass is 289 g/mol. The quantitative estimate of drug-likeness (QED) is 0.928. The number of carboxylic acid groups (broad SMARTS) is 1. The second-order valence-corrected chi connectivity index (χ2v) is 4.40. The molecule has 0 fully saturated rings. The van der Waals surface area contributed by atoms with Gasteiger partial charge in [0.2, 0.25) is 0 Å². The number of pyridine rings is 1. The van der Waals surface area contributed by atoms with Crippen LogP contribution in [0.15, 0.2) is 35.1 Å². The highest BCUT2D eigenvalue weighted by molar-refractivity contribution is 5.89. The van der Waals surface area contributed by atoms with E-state index < -0.39 is 11.5 Å². The van der Waals surface area contributed by atoms with E-state index in [4.69, 9.17) is 14.6 Å². The number of aromatic nitrogens is 1. The Morgan fingerprint density at radius 1 is 1.14 bits per heavy atom. The van der Waals surface area contributed by atoms with E-state index >= 15 is 0 Å². The van der Waals surface area contributed by atoms with Crippen LogP contribution in [-0.4, -0.2) is 29.9 Å². The molecule has 110 valence electrons. The molecule has 0 spiro atoms. The molecule has 0 saturated heterocycles. The van der Waals surface area contributed by atoms with Gasteiger partial charge < -0.3 is 19.1 Å². The van der Waals surface area contributed by atoms with Gasteiger partial charge in [0.05, 0.1) is 25.5 Å². The summed E-state index contributed by atoms with van der Waals surface area (Å²) in [5, 5.41) is 9.08. The summed E-state index contributed by atoms with van der Waals surface area (Å²) in [5.74, 6) is -0.0525. The molecule has 0 atom stereocenters. The number of hydrogen-bond acceptors (Lipinski definition) is 4. The maximum Gasteiger partial charge on any atom is 0.335 e. The van der Waals surface area contributed by atoms with Crippen LogP contribution in [-0.2, 0) is 7.05 Å². The predicted octanol–water partition coefficient (Wildman–Crippen LogP) is 1.77. The molecular formula is C15H15NO5. The maximum absolute atomic E-state index is 11.9. The van der Waals surface area contributed by atoms with E-state index in [9.17, 15) is 9.59 Å². The van der Waals surface area contributed by atoms with Crippen molar-refractivity contribution in [3.63, 3.8) is 0 Å². The minimum Gasteiger partial charge on any atom is -0.497 e. The Labute approximate surface area is 121 Å². The van der Waals surface area contributed by atoms with Gasteiger partial charge in [0.1, 0.15) is 11.5 Å². The molecule has 1 aromatic carbocycles. The molecule has 0 amide bonds. The number of ether oxygens (including phenoxy) is 2. The molecule has 0 aliphatic carbocycles. The molecule has 6 heteroatoms. The number of nitrogens with zero attached hydrogens (tertiary/aromatic N) is 1. The Hall–Kier alpha value is -2.76. The first-order valence-electron chi connectivity index (χ1n) is 6.14. The summed E-state index contributed by atoms with van der Waals surface area (Å²) in [6.45, 7) is 0. The minimum absolute atomic E-state index is 0.0639. The first-order chi connectivity index (χ1) is 9.97. The Bertz CT molecular complexity index is 748. The summed E-state index contributed by atoms with van der Waals surface area (Å²) in [5.41, 5.74) is 0.606. The zero-order chi connectivity index (χ0) is 15.6. The molecule has 0 unspecified atom stereocenters. The second-order valence-electron chi connectivity index (χ2n) is 4.40. The molecule has 6 nitrogen and oxygen atoms in total. The Morgan fingerprint density at radius 2 is 1.86 bits per heavy atom. The van der Waals surface area contributed by atoms with E-state index in [0.717, 1.165) is 6.07 Å². The largest absolute Gasteiger partial charge is 0.497 e. The summed E-state index contributed by atoms with van der Waals surface area (Å²) < 4.78 is 11.8. The van der Waals surface area contributed by atoms with Crippen LogP contribution >= 0.6 is 0 Å². The normalized spacial score (nSPS) is 10.2. The van der Waals surface area contributed by atoms with Gasteiger partial charge in [0, 0.05) is 24.7 Å². The summed E-state index contributed by atoms with van der Waals surface area (Å²) in [6.07, 6.45) is 0. The fourth-order valence-corrected chi connectivity index (χ4v) is 2.03. The lowest BCUT2D eigenvalue weighted by Gasteiger charge is -2.14. The zero-order valence-corrected chi connectivity index (χ0v) is 11.9. The van der Waals surface area contributed by atoms with Crippen molar-refractivity contribution in [1.82, 2.24) is 4.57 Å². The lowest BCUT2D eigenvalue weighted by molar-refractivity contribution is 0.0696. The standard InChI is InChI=1S/C15H15NO5/c1-16-12(6-9(15(18)19)7-14(16)17)11-5-4-10(20-2)8-13(11)21-3/h4-8H,1-3H3,(H,18,19). The van der Waals surface area contributed by atoms with Gasteiger partial charge in [-0.3, -0.25) is 4.79 Å². The van der Waals surface area contributed by atoms with Crippen LogP contribution in [0.2, 0.25) is 0 Å². The number of carboxylic acids is 1. The molecule has 2 rings (SSSR count). The van der Waals surface area contributed by atoms with Crippen LogP contribution < -0.4 is 15.0 Å². The Balaban J connectivity index is 2.71. The summed E-state index contributed by atoms with van der Waals surface area (Å²) in [7, 11) is 4.61. The number of methoxy groups -OCH3 is 2. The molecule has 0 aliphatic heterocycles. The fraction of sp³-hybridized carbons (Fsp3) is 0.200. The summed E-state index contributed by atoms with van der Waals surface area (Å²) >= 11 is 0. The van der Waals surface area contributed by atoms with Gasteiger partial charge in [0.25, 0.3) is 5.56 Å². The van der Waals surface area contributed by atoms with Gasteiger partial charge in [-0.1, -0.05) is 0 Å². The van der Waals surface area contributed by atoms with Gasteiger partial charge in [0.15, 0.2) is 0 Å². The van der Waals surface area contributed by atoms with Crippen molar-refractivity contribution >= 4 is 5.97 Å². The third-order valence-electron chi connectivity index (χ3n) is 3.19. The molecule has 2 aromatic rings. The molecule has 1 heterocycles. The topological polar surface area (TPSA) is 77.8 Å². The van der Waals surface area contributed by atoms with Gasteiger partial charge in [-0.05, 0) is 18.2 Å². The predicted molar refractivity (Wildman–Crippen MR) is 77.2 cm³/mol. The zero-order valence-electron chi connectivity index (χ0n) is 11.9. The van der Waals surface area contributed by atoms with Crippen LogP contribution in [0, 0.1) is 0 Å². The molecule has 0 bridgehead atoms. The van der Waals surface area contributed by atoms with Crippen LogP contribution in [0.3, 0.4) is 0 Å². The van der Waals surface area contributed by atoms with Gasteiger partial charge in [-0.2, -0.15) is 0 Å². The fourth-order valence-electron chi connectivity index (χ4n) is 2.03. The van der Waals surface area contributed by atoms with Crippen molar-refractivity contribution < 1.29 is 19.4 Å². The van der Waals surface area contributed by atoms with Crippen LogP contribution in [0.5, 0.6) is 11.5 Å². The Morgan fingerprint density at radius 3 is 2.43 bits per heavy atom. The first-order valence-corrected chi connectivity index (χ1v) is 6.14. The molecule has 0 radical (unpaired) electrons. The molecule has 1 N–H and O–H groups in total. The molecule has 1 aromatic heterocycles. The molecule has 21 heavy (non-hydrogen) atoms. The first kappa shape index (κ1) is 14.6. The Kier molecular flexibility index (Phi) is 3.98. The number of benzene rings is 1. The number of aromatic carboxylic acids is 1. The number of carbonyl (C=O) groups is 1. The summed E-state index contributed by atoms with van der Waals surface area (Å²) in [4.78, 5) is 23.0. The molecule has 0 aliphatic rings.